The molecule has 98 valence electrons. The Hall–Kier alpha value is -2.64. The first-order valence-electron chi connectivity index (χ1n) is 5.72. The van der Waals surface area contributed by atoms with Gasteiger partial charge in [-0.1, -0.05) is 6.92 Å². The summed E-state index contributed by atoms with van der Waals surface area (Å²) in [6.45, 7) is 2.56. The molecular formula is C11H12N6O2. The van der Waals surface area contributed by atoms with Gasteiger partial charge in [-0.05, 0) is 6.42 Å². The third-order valence-electron chi connectivity index (χ3n) is 2.38. The van der Waals surface area contributed by atoms with Gasteiger partial charge in [0.15, 0.2) is 5.69 Å². The quantitative estimate of drug-likeness (QED) is 0.643. The van der Waals surface area contributed by atoms with Crippen molar-refractivity contribution in [3.8, 4) is 11.3 Å². The van der Waals surface area contributed by atoms with Gasteiger partial charge < -0.3 is 5.32 Å². The van der Waals surface area contributed by atoms with Crippen LogP contribution < -0.4 is 5.32 Å². The minimum Gasteiger partial charge on any atom is -0.364 e. The molecule has 2 heterocycles. The summed E-state index contributed by atoms with van der Waals surface area (Å²) >= 11 is 0. The molecule has 0 spiro atoms. The number of nitrogens with zero attached hydrogens (tertiary/aromatic N) is 5. The molecule has 0 radical (unpaired) electrons. The molecule has 1 N–H and O–H groups in total. The number of hydrogen-bond acceptors (Lipinski definition) is 7. The van der Waals surface area contributed by atoms with Gasteiger partial charge in [0.05, 0.1) is 4.92 Å². The van der Waals surface area contributed by atoms with Crippen LogP contribution in [0.1, 0.15) is 13.3 Å². The average Bonchev–Trinajstić information content (AvgIpc) is 2.45. The minimum atomic E-state index is -0.500. The van der Waals surface area contributed by atoms with Crippen molar-refractivity contribution >= 4 is 11.5 Å². The fourth-order valence-corrected chi connectivity index (χ4v) is 1.56. The Morgan fingerprint density at radius 3 is 2.63 bits per heavy atom. The van der Waals surface area contributed by atoms with Gasteiger partial charge in [-0.3, -0.25) is 10.1 Å². The van der Waals surface area contributed by atoms with Crippen molar-refractivity contribution in [2.45, 2.75) is 13.3 Å². The third-order valence-corrected chi connectivity index (χ3v) is 2.38. The zero-order valence-corrected chi connectivity index (χ0v) is 10.3. The molecule has 0 fully saturated rings. The van der Waals surface area contributed by atoms with Crippen LogP contribution in [-0.2, 0) is 0 Å². The maximum Gasteiger partial charge on any atom is 0.337 e. The molecule has 0 bridgehead atoms. The van der Waals surface area contributed by atoms with Gasteiger partial charge in [0.2, 0.25) is 5.82 Å². The van der Waals surface area contributed by atoms with E-state index in [2.05, 4.69) is 25.3 Å². The van der Waals surface area contributed by atoms with Gasteiger partial charge in [-0.15, -0.1) is 0 Å². The number of rotatable bonds is 5. The van der Waals surface area contributed by atoms with Gasteiger partial charge in [0, 0.05) is 24.5 Å². The maximum atomic E-state index is 11.2. The molecule has 0 saturated carbocycles. The van der Waals surface area contributed by atoms with Crippen LogP contribution in [0.3, 0.4) is 0 Å². The van der Waals surface area contributed by atoms with E-state index >= 15 is 0 Å². The largest absolute Gasteiger partial charge is 0.364 e. The number of hydrogen-bond donors (Lipinski definition) is 1. The first-order chi connectivity index (χ1) is 9.24. The lowest BCUT2D eigenvalue weighted by atomic mass is 10.2. The predicted molar refractivity (Wildman–Crippen MR) is 68.5 cm³/mol. The lowest BCUT2D eigenvalue weighted by Gasteiger charge is -2.07. The summed E-state index contributed by atoms with van der Waals surface area (Å²) < 4.78 is 0. The molecule has 0 atom stereocenters. The van der Waals surface area contributed by atoms with Crippen molar-refractivity contribution in [3.63, 3.8) is 0 Å². The van der Waals surface area contributed by atoms with E-state index in [1.165, 1.54) is 25.0 Å². The highest BCUT2D eigenvalue weighted by Crippen LogP contribution is 2.31. The van der Waals surface area contributed by atoms with Crippen LogP contribution in [0.4, 0.5) is 11.5 Å². The highest BCUT2D eigenvalue weighted by molar-refractivity contribution is 5.75. The molecular weight excluding hydrogens is 248 g/mol. The van der Waals surface area contributed by atoms with Gasteiger partial charge in [0.1, 0.15) is 12.7 Å². The van der Waals surface area contributed by atoms with Gasteiger partial charge in [0.25, 0.3) is 0 Å². The zero-order valence-electron chi connectivity index (χ0n) is 10.3. The third kappa shape index (κ3) is 2.79. The molecule has 2 rings (SSSR count). The summed E-state index contributed by atoms with van der Waals surface area (Å²) in [5.74, 6) is 0.209. The summed E-state index contributed by atoms with van der Waals surface area (Å²) in [6.07, 6.45) is 6.43. The zero-order chi connectivity index (χ0) is 13.7. The first-order valence-corrected chi connectivity index (χ1v) is 5.72. The van der Waals surface area contributed by atoms with Gasteiger partial charge >= 0.3 is 5.69 Å². The van der Waals surface area contributed by atoms with E-state index in [1.807, 2.05) is 6.92 Å². The number of nitro groups is 1. The van der Waals surface area contributed by atoms with E-state index in [0.717, 1.165) is 6.42 Å². The predicted octanol–water partition coefficient (Wildman–Crippen LogP) is 1.66. The molecule has 8 nitrogen and oxygen atoms in total. The Balaban J connectivity index is 2.52. The fourth-order valence-electron chi connectivity index (χ4n) is 1.56. The van der Waals surface area contributed by atoms with E-state index < -0.39 is 4.92 Å². The van der Waals surface area contributed by atoms with Crippen molar-refractivity contribution in [1.82, 2.24) is 19.9 Å². The van der Waals surface area contributed by atoms with E-state index in [-0.39, 0.29) is 17.2 Å². The standard InChI is InChI=1S/C11H12N6O2/c1-2-3-14-11-10(17(18)19)9(15-7-16-11)8-4-12-6-13-5-8/h4-7H,2-3H2,1H3,(H,14,15,16). The van der Waals surface area contributed by atoms with Crippen LogP contribution in [0.15, 0.2) is 25.0 Å². The van der Waals surface area contributed by atoms with Crippen LogP contribution in [0, 0.1) is 10.1 Å². The van der Waals surface area contributed by atoms with E-state index in [1.54, 1.807) is 0 Å². The van der Waals surface area contributed by atoms with Crippen molar-refractivity contribution in [1.29, 1.82) is 0 Å². The lowest BCUT2D eigenvalue weighted by Crippen LogP contribution is -2.07. The van der Waals surface area contributed by atoms with Crippen LogP contribution in [0.5, 0.6) is 0 Å². The average molecular weight is 260 g/mol. The summed E-state index contributed by atoms with van der Waals surface area (Å²) in [4.78, 5) is 26.3. The lowest BCUT2D eigenvalue weighted by molar-refractivity contribution is -0.383. The summed E-state index contributed by atoms with van der Waals surface area (Å²) in [6, 6.07) is 0. The molecule has 2 aromatic rings. The second kappa shape index (κ2) is 5.80. The minimum absolute atomic E-state index is 0.161. The topological polar surface area (TPSA) is 107 Å². The van der Waals surface area contributed by atoms with Crippen molar-refractivity contribution in [2.24, 2.45) is 0 Å². The number of aromatic nitrogens is 4. The maximum absolute atomic E-state index is 11.2. The highest BCUT2D eigenvalue weighted by atomic mass is 16.6. The molecule has 0 aliphatic heterocycles. The van der Waals surface area contributed by atoms with Crippen molar-refractivity contribution < 1.29 is 4.92 Å². The first kappa shape index (κ1) is 12.8. The van der Waals surface area contributed by atoms with E-state index in [0.29, 0.717) is 12.1 Å². The summed E-state index contributed by atoms with van der Waals surface area (Å²) in [5, 5.41) is 14.1. The van der Waals surface area contributed by atoms with Crippen LogP contribution in [0.25, 0.3) is 11.3 Å². The van der Waals surface area contributed by atoms with E-state index in [4.69, 9.17) is 0 Å². The SMILES string of the molecule is CCCNc1ncnc(-c2cncnc2)c1[N+](=O)[O-]. The Morgan fingerprint density at radius 1 is 1.26 bits per heavy atom. The molecule has 0 saturated heterocycles. The van der Waals surface area contributed by atoms with Crippen LogP contribution >= 0.6 is 0 Å². The summed E-state index contributed by atoms with van der Waals surface area (Å²) in [7, 11) is 0. The van der Waals surface area contributed by atoms with Crippen LogP contribution in [-0.4, -0.2) is 31.4 Å². The molecule has 19 heavy (non-hydrogen) atoms. The highest BCUT2D eigenvalue weighted by Gasteiger charge is 2.23. The number of nitrogens with one attached hydrogen (secondary N) is 1. The van der Waals surface area contributed by atoms with E-state index in [9.17, 15) is 10.1 Å². The monoisotopic (exact) mass is 260 g/mol. The molecule has 8 heteroatoms. The molecule has 0 unspecified atom stereocenters. The smallest absolute Gasteiger partial charge is 0.337 e. The van der Waals surface area contributed by atoms with Crippen molar-refractivity contribution in [3.05, 3.63) is 35.2 Å². The summed E-state index contributed by atoms with van der Waals surface area (Å²) in [5.41, 5.74) is 0.529. The molecule has 0 amide bonds. The Morgan fingerprint density at radius 2 is 2.00 bits per heavy atom. The van der Waals surface area contributed by atoms with Gasteiger partial charge in [-0.2, -0.15) is 0 Å². The van der Waals surface area contributed by atoms with Gasteiger partial charge in [-0.25, -0.2) is 19.9 Å². The number of anilines is 1. The Labute approximate surface area is 109 Å². The second-order valence-electron chi connectivity index (χ2n) is 3.73. The molecule has 0 aromatic carbocycles. The fraction of sp³-hybridized carbons (Fsp3) is 0.273. The molecule has 2 aromatic heterocycles. The van der Waals surface area contributed by atoms with Crippen LogP contribution in [0.2, 0.25) is 0 Å². The molecule has 0 aliphatic carbocycles. The Bertz CT molecular complexity index is 575. The molecule has 0 aliphatic rings. The Kier molecular flexibility index (Phi) is 3.91. The second-order valence-corrected chi connectivity index (χ2v) is 3.73. The van der Waals surface area contributed by atoms with Crippen molar-refractivity contribution in [2.75, 3.05) is 11.9 Å². The normalized spacial score (nSPS) is 10.2.